The van der Waals surface area contributed by atoms with Crippen LogP contribution in [0.2, 0.25) is 0 Å². The van der Waals surface area contributed by atoms with Crippen molar-refractivity contribution in [2.75, 3.05) is 32.6 Å². The molecule has 0 unspecified atom stereocenters. The molecular formula is C18H20N2O4S. The van der Waals surface area contributed by atoms with Gasteiger partial charge in [0, 0.05) is 31.9 Å². The van der Waals surface area contributed by atoms with E-state index in [0.29, 0.717) is 12.1 Å². The fourth-order valence-electron chi connectivity index (χ4n) is 2.91. The number of hydrogen-bond acceptors (Lipinski definition) is 4. The van der Waals surface area contributed by atoms with Crippen LogP contribution in [0.25, 0.3) is 0 Å². The van der Waals surface area contributed by atoms with Crippen molar-refractivity contribution < 1.29 is 17.9 Å². The zero-order valence-electron chi connectivity index (χ0n) is 14.4. The normalized spacial score (nSPS) is 13.8. The number of amides is 1. The number of sulfonamides is 1. The third kappa shape index (κ3) is 3.01. The lowest BCUT2D eigenvalue weighted by Crippen LogP contribution is -2.29. The van der Waals surface area contributed by atoms with Gasteiger partial charge in [-0.3, -0.25) is 4.79 Å². The van der Waals surface area contributed by atoms with E-state index in [0.717, 1.165) is 22.0 Å². The van der Waals surface area contributed by atoms with Gasteiger partial charge in [0.2, 0.25) is 10.0 Å². The molecule has 0 radical (unpaired) electrons. The second-order valence-electron chi connectivity index (χ2n) is 5.99. The minimum Gasteiger partial charge on any atom is -0.495 e. The average Bonchev–Trinajstić information content (AvgIpc) is 3.04. The van der Waals surface area contributed by atoms with Crippen LogP contribution < -0.4 is 9.64 Å². The number of ether oxygens (including phenoxy) is 1. The topological polar surface area (TPSA) is 66.9 Å². The van der Waals surface area contributed by atoms with Crippen molar-refractivity contribution in [1.29, 1.82) is 0 Å². The molecule has 0 N–H and O–H groups in total. The van der Waals surface area contributed by atoms with Gasteiger partial charge in [-0.25, -0.2) is 12.7 Å². The summed E-state index contributed by atoms with van der Waals surface area (Å²) in [4.78, 5) is 14.6. The lowest BCUT2D eigenvalue weighted by molar-refractivity contribution is 0.0989. The van der Waals surface area contributed by atoms with Crippen molar-refractivity contribution in [3.8, 4) is 5.75 Å². The molecule has 3 rings (SSSR count). The largest absolute Gasteiger partial charge is 0.495 e. The molecule has 1 amide bonds. The van der Waals surface area contributed by atoms with E-state index < -0.39 is 10.0 Å². The maximum Gasteiger partial charge on any atom is 0.258 e. The predicted molar refractivity (Wildman–Crippen MR) is 95.7 cm³/mol. The predicted octanol–water partition coefficient (Wildman–Crippen LogP) is 2.15. The van der Waals surface area contributed by atoms with Crippen molar-refractivity contribution in [1.82, 2.24) is 4.31 Å². The van der Waals surface area contributed by atoms with E-state index >= 15 is 0 Å². The molecule has 1 aliphatic heterocycles. The lowest BCUT2D eigenvalue weighted by Gasteiger charge is -2.19. The average molecular weight is 360 g/mol. The molecule has 0 saturated carbocycles. The van der Waals surface area contributed by atoms with Crippen LogP contribution in [0, 0.1) is 0 Å². The summed E-state index contributed by atoms with van der Waals surface area (Å²) in [5.41, 5.74) is 2.31. The first kappa shape index (κ1) is 17.4. The minimum atomic E-state index is -3.72. The van der Waals surface area contributed by atoms with Gasteiger partial charge in [-0.2, -0.15) is 0 Å². The van der Waals surface area contributed by atoms with Crippen LogP contribution in [0.4, 0.5) is 5.69 Å². The van der Waals surface area contributed by atoms with Gasteiger partial charge in [0.25, 0.3) is 5.91 Å². The maximum absolute atomic E-state index is 12.9. The summed E-state index contributed by atoms with van der Waals surface area (Å²) in [6.07, 6.45) is 0.793. The SMILES string of the molecule is COc1ccc(C(=O)N2CCc3ccccc32)cc1S(=O)(=O)N(C)C. The van der Waals surface area contributed by atoms with Crippen LogP contribution in [-0.2, 0) is 16.4 Å². The van der Waals surface area contributed by atoms with Crippen LogP contribution in [0.1, 0.15) is 15.9 Å². The number of anilines is 1. The third-order valence-electron chi connectivity index (χ3n) is 4.30. The number of para-hydroxylation sites is 1. The van der Waals surface area contributed by atoms with E-state index in [1.54, 1.807) is 11.0 Å². The molecule has 0 spiro atoms. The van der Waals surface area contributed by atoms with Crippen molar-refractivity contribution in [3.05, 3.63) is 53.6 Å². The molecule has 2 aromatic rings. The number of fused-ring (bicyclic) bond motifs is 1. The van der Waals surface area contributed by atoms with Crippen molar-refractivity contribution >= 4 is 21.6 Å². The van der Waals surface area contributed by atoms with Crippen LogP contribution in [0.15, 0.2) is 47.4 Å². The zero-order valence-corrected chi connectivity index (χ0v) is 15.2. The molecule has 0 fully saturated rings. The van der Waals surface area contributed by atoms with Crippen molar-refractivity contribution in [3.63, 3.8) is 0 Å². The van der Waals surface area contributed by atoms with Crippen LogP contribution in [-0.4, -0.2) is 46.4 Å². The molecule has 6 nitrogen and oxygen atoms in total. The summed E-state index contributed by atoms with van der Waals surface area (Å²) in [7, 11) is 0.572. The van der Waals surface area contributed by atoms with Gasteiger partial charge in [-0.15, -0.1) is 0 Å². The maximum atomic E-state index is 12.9. The number of carbonyl (C=O) groups excluding carboxylic acids is 1. The van der Waals surface area contributed by atoms with Crippen LogP contribution in [0.3, 0.4) is 0 Å². The summed E-state index contributed by atoms with van der Waals surface area (Å²) in [5.74, 6) is -0.00474. The Hall–Kier alpha value is -2.38. The number of benzene rings is 2. The Morgan fingerprint density at radius 3 is 2.56 bits per heavy atom. The zero-order chi connectivity index (χ0) is 18.2. The first-order valence-corrected chi connectivity index (χ1v) is 9.30. The fourth-order valence-corrected chi connectivity index (χ4v) is 3.99. The molecule has 0 atom stereocenters. The van der Waals surface area contributed by atoms with E-state index in [1.165, 1.54) is 33.3 Å². The minimum absolute atomic E-state index is 0.0154. The lowest BCUT2D eigenvalue weighted by atomic mass is 10.1. The van der Waals surface area contributed by atoms with Gasteiger partial charge in [0.15, 0.2) is 0 Å². The number of methoxy groups -OCH3 is 1. The second-order valence-corrected chi connectivity index (χ2v) is 8.11. The quantitative estimate of drug-likeness (QED) is 0.838. The molecule has 1 aliphatic rings. The Morgan fingerprint density at radius 2 is 1.88 bits per heavy atom. The Bertz CT molecular complexity index is 922. The Morgan fingerprint density at radius 1 is 1.16 bits per heavy atom. The summed E-state index contributed by atoms with van der Waals surface area (Å²) in [6.45, 7) is 0.583. The number of rotatable bonds is 4. The Labute approximate surface area is 147 Å². The molecule has 0 aliphatic carbocycles. The van der Waals surface area contributed by atoms with Gasteiger partial charge in [0.05, 0.1) is 7.11 Å². The highest BCUT2D eigenvalue weighted by atomic mass is 32.2. The highest BCUT2D eigenvalue weighted by molar-refractivity contribution is 7.89. The van der Waals surface area contributed by atoms with Gasteiger partial charge >= 0.3 is 0 Å². The van der Waals surface area contributed by atoms with Crippen molar-refractivity contribution in [2.24, 2.45) is 0 Å². The number of nitrogens with zero attached hydrogens (tertiary/aromatic N) is 2. The second kappa shape index (κ2) is 6.50. The van der Waals surface area contributed by atoms with E-state index in [1.807, 2.05) is 24.3 Å². The molecule has 2 aromatic carbocycles. The molecule has 1 heterocycles. The van der Waals surface area contributed by atoms with E-state index in [4.69, 9.17) is 4.74 Å². The van der Waals surface area contributed by atoms with Gasteiger partial charge in [-0.1, -0.05) is 18.2 Å². The molecule has 0 bridgehead atoms. The molecule has 0 saturated heterocycles. The van der Waals surface area contributed by atoms with Gasteiger partial charge < -0.3 is 9.64 Å². The first-order chi connectivity index (χ1) is 11.9. The molecule has 7 heteroatoms. The van der Waals surface area contributed by atoms with E-state index in [2.05, 4.69) is 0 Å². The molecule has 132 valence electrons. The summed E-state index contributed by atoms with van der Waals surface area (Å²) < 4.78 is 31.3. The monoisotopic (exact) mass is 360 g/mol. The highest BCUT2D eigenvalue weighted by Gasteiger charge is 2.28. The number of hydrogen-bond donors (Lipinski definition) is 0. The standard InChI is InChI=1S/C18H20N2O4S/c1-19(2)25(22,23)17-12-14(8-9-16(17)24-3)18(21)20-11-10-13-6-4-5-7-15(13)20/h4-9,12H,10-11H2,1-3H3. The van der Waals surface area contributed by atoms with Crippen LogP contribution >= 0.6 is 0 Å². The van der Waals surface area contributed by atoms with E-state index in [9.17, 15) is 13.2 Å². The third-order valence-corrected chi connectivity index (χ3v) is 6.14. The molecule has 25 heavy (non-hydrogen) atoms. The number of carbonyl (C=O) groups is 1. The summed E-state index contributed by atoms with van der Waals surface area (Å²) in [6, 6.07) is 12.2. The Balaban J connectivity index is 2.03. The molecule has 0 aromatic heterocycles. The van der Waals surface area contributed by atoms with Gasteiger partial charge in [-0.05, 0) is 36.2 Å². The fraction of sp³-hybridized carbons (Fsp3) is 0.278. The summed E-state index contributed by atoms with van der Waals surface area (Å²) in [5, 5.41) is 0. The Kier molecular flexibility index (Phi) is 4.53. The van der Waals surface area contributed by atoms with E-state index in [-0.39, 0.29) is 16.6 Å². The van der Waals surface area contributed by atoms with Crippen molar-refractivity contribution in [2.45, 2.75) is 11.3 Å². The molecular weight excluding hydrogens is 340 g/mol. The van der Waals surface area contributed by atoms with Gasteiger partial charge in [0.1, 0.15) is 10.6 Å². The van der Waals surface area contributed by atoms with Crippen LogP contribution in [0.5, 0.6) is 5.75 Å². The first-order valence-electron chi connectivity index (χ1n) is 7.86. The summed E-state index contributed by atoms with van der Waals surface area (Å²) >= 11 is 0. The smallest absolute Gasteiger partial charge is 0.258 e. The highest BCUT2D eigenvalue weighted by Crippen LogP contribution is 2.31.